The summed E-state index contributed by atoms with van der Waals surface area (Å²) in [5.74, 6) is 0. The second-order valence-corrected chi connectivity index (χ2v) is 16.2. The molecule has 0 aromatic carbocycles. The Bertz CT molecular complexity index is 549. The van der Waals surface area contributed by atoms with Gasteiger partial charge in [-0.15, -0.1) is 0 Å². The Labute approximate surface area is 143 Å². The number of hydrogen-bond acceptors (Lipinski definition) is 7. The van der Waals surface area contributed by atoms with Crippen LogP contribution in [0, 0.1) is 0 Å². The first-order valence-corrected chi connectivity index (χ1v) is 14.6. The van der Waals surface area contributed by atoms with Gasteiger partial charge >= 0.3 is 6.01 Å². The van der Waals surface area contributed by atoms with Crippen molar-refractivity contribution in [3.8, 4) is 6.01 Å². The Balaban J connectivity index is 1.84. The first-order chi connectivity index (χ1) is 10.9. The molecule has 0 bridgehead atoms. The van der Waals surface area contributed by atoms with Gasteiger partial charge in [0.25, 0.3) is 0 Å². The van der Waals surface area contributed by atoms with Gasteiger partial charge in [0.05, 0.1) is 0 Å². The van der Waals surface area contributed by atoms with E-state index in [0.717, 1.165) is 10.5 Å². The maximum absolute atomic E-state index is 6.49. The topological polar surface area (TPSA) is 70.0 Å². The number of ether oxygens (including phenoxy) is 1. The lowest BCUT2D eigenvalue weighted by Crippen LogP contribution is -2.50. The van der Waals surface area contributed by atoms with Crippen LogP contribution in [0.1, 0.15) is 0 Å². The van der Waals surface area contributed by atoms with Gasteiger partial charge in [0, 0.05) is 30.2 Å². The fraction of sp³-hybridized carbons (Fsp3) is 0.429. The van der Waals surface area contributed by atoms with Crippen LogP contribution in [0.15, 0.2) is 42.1 Å². The van der Waals surface area contributed by atoms with Crippen molar-refractivity contribution in [3.05, 3.63) is 36.9 Å². The maximum Gasteiger partial charge on any atom is 0.316 e. The van der Waals surface area contributed by atoms with E-state index in [4.69, 9.17) is 8.85 Å². The van der Waals surface area contributed by atoms with Gasteiger partial charge in [0.2, 0.25) is 8.32 Å². The van der Waals surface area contributed by atoms with Gasteiger partial charge in [-0.1, -0.05) is 11.8 Å². The van der Waals surface area contributed by atoms with Crippen LogP contribution in [0.3, 0.4) is 0 Å². The van der Waals surface area contributed by atoms with E-state index >= 15 is 0 Å². The lowest BCUT2D eigenvalue weighted by atomic mass is 10.7. The van der Waals surface area contributed by atoms with Crippen LogP contribution < -0.4 is 4.74 Å². The number of aromatic nitrogens is 4. The molecule has 2 aromatic heterocycles. The van der Waals surface area contributed by atoms with Crippen molar-refractivity contribution < 1.29 is 8.85 Å². The molecule has 0 spiro atoms. The third kappa shape index (κ3) is 6.77. The number of nitrogens with zero attached hydrogens (tertiary/aromatic N) is 4. The predicted octanol–water partition coefficient (Wildman–Crippen LogP) is 2.94. The molecule has 0 atom stereocenters. The number of thioether (sulfide) groups is 1. The third-order valence-corrected chi connectivity index (χ3v) is 11.8. The summed E-state index contributed by atoms with van der Waals surface area (Å²) in [7, 11) is -3.79. The standard InChI is InChI=1S/C14H22N4O2SSi2/c1-22(2,11-19-13-15-7-5-8-16-13)20-23(3,4)12-21-14-17-9-6-10-18-14/h5-10H,11-12H2,1-4H3. The van der Waals surface area contributed by atoms with Crippen molar-refractivity contribution in [1.29, 1.82) is 0 Å². The van der Waals surface area contributed by atoms with Crippen LogP contribution in [0.2, 0.25) is 26.2 Å². The summed E-state index contributed by atoms with van der Waals surface area (Å²) in [6, 6.07) is 4.00. The van der Waals surface area contributed by atoms with Crippen LogP contribution >= 0.6 is 11.8 Å². The summed E-state index contributed by atoms with van der Waals surface area (Å²) >= 11 is 1.65. The normalized spacial score (nSPS) is 12.2. The predicted molar refractivity (Wildman–Crippen MR) is 96.3 cm³/mol. The summed E-state index contributed by atoms with van der Waals surface area (Å²) in [4.78, 5) is 16.6. The first-order valence-electron chi connectivity index (χ1n) is 7.36. The van der Waals surface area contributed by atoms with E-state index in [2.05, 4.69) is 46.1 Å². The van der Waals surface area contributed by atoms with Gasteiger partial charge < -0.3 is 8.85 Å². The molecule has 0 amide bonds. The van der Waals surface area contributed by atoms with E-state index < -0.39 is 16.6 Å². The Morgan fingerprint density at radius 2 is 1.43 bits per heavy atom. The molecule has 0 aliphatic heterocycles. The molecule has 0 saturated carbocycles. The number of hydrogen-bond donors (Lipinski definition) is 0. The molecule has 6 nitrogen and oxygen atoms in total. The van der Waals surface area contributed by atoms with Crippen LogP contribution in [-0.4, -0.2) is 48.2 Å². The molecule has 0 N–H and O–H groups in total. The highest BCUT2D eigenvalue weighted by atomic mass is 32.2. The van der Waals surface area contributed by atoms with E-state index in [1.165, 1.54) is 0 Å². The summed E-state index contributed by atoms with van der Waals surface area (Å²) in [5, 5.41) is 1.71. The molecule has 0 saturated heterocycles. The largest absolute Gasteiger partial charge is 0.464 e. The molecule has 0 unspecified atom stereocenters. The minimum atomic E-state index is -1.95. The van der Waals surface area contributed by atoms with Gasteiger partial charge in [-0.3, -0.25) is 0 Å². The lowest BCUT2D eigenvalue weighted by Gasteiger charge is -2.33. The summed E-state index contributed by atoms with van der Waals surface area (Å²) < 4.78 is 12.2. The second kappa shape index (κ2) is 8.00. The summed E-state index contributed by atoms with van der Waals surface area (Å²) in [6.07, 6.45) is 7.41. The zero-order valence-corrected chi connectivity index (χ0v) is 16.7. The zero-order valence-electron chi connectivity index (χ0n) is 13.9. The molecule has 124 valence electrons. The molecule has 0 fully saturated rings. The van der Waals surface area contributed by atoms with Crippen molar-refractivity contribution in [2.24, 2.45) is 0 Å². The van der Waals surface area contributed by atoms with Crippen molar-refractivity contribution >= 4 is 28.4 Å². The van der Waals surface area contributed by atoms with E-state index in [0.29, 0.717) is 12.2 Å². The van der Waals surface area contributed by atoms with Gasteiger partial charge in [-0.05, 0) is 38.3 Å². The van der Waals surface area contributed by atoms with Crippen molar-refractivity contribution in [3.63, 3.8) is 0 Å². The Morgan fingerprint density at radius 3 is 2.04 bits per heavy atom. The average molecular weight is 367 g/mol. The molecule has 2 rings (SSSR count). The first kappa shape index (κ1) is 18.0. The van der Waals surface area contributed by atoms with Crippen LogP contribution in [0.5, 0.6) is 6.01 Å². The minimum Gasteiger partial charge on any atom is -0.464 e. The van der Waals surface area contributed by atoms with Gasteiger partial charge in [-0.2, -0.15) is 0 Å². The van der Waals surface area contributed by atoms with E-state index in [-0.39, 0.29) is 0 Å². The Hall–Kier alpha value is -1.30. The molecule has 0 aliphatic carbocycles. The monoisotopic (exact) mass is 366 g/mol. The summed E-state index contributed by atoms with van der Waals surface area (Å²) in [5.41, 5.74) is 0. The van der Waals surface area contributed by atoms with Gasteiger partial charge in [0.15, 0.2) is 13.5 Å². The maximum atomic E-state index is 6.49. The van der Waals surface area contributed by atoms with Crippen LogP contribution in [0.4, 0.5) is 0 Å². The highest BCUT2D eigenvalue weighted by Gasteiger charge is 2.34. The summed E-state index contributed by atoms with van der Waals surface area (Å²) in [6.45, 7) is 8.76. The molecular formula is C14H22N4O2SSi2. The third-order valence-electron chi connectivity index (χ3n) is 2.73. The fourth-order valence-electron chi connectivity index (χ4n) is 2.00. The van der Waals surface area contributed by atoms with Crippen molar-refractivity contribution in [2.75, 3.05) is 11.6 Å². The fourth-order valence-corrected chi connectivity index (χ4v) is 11.6. The van der Waals surface area contributed by atoms with E-state index in [9.17, 15) is 0 Å². The highest BCUT2D eigenvalue weighted by molar-refractivity contribution is 8.00. The number of rotatable bonds is 8. The van der Waals surface area contributed by atoms with Crippen molar-refractivity contribution in [2.45, 2.75) is 31.3 Å². The molecular weight excluding hydrogens is 344 g/mol. The molecule has 9 heteroatoms. The second-order valence-electron chi connectivity index (χ2n) is 6.26. The average Bonchev–Trinajstić information content (AvgIpc) is 2.52. The SMILES string of the molecule is C[Si](C)(COc1ncccn1)O[Si](C)(C)CSc1ncccn1. The van der Waals surface area contributed by atoms with Gasteiger partial charge in [0.1, 0.15) is 6.23 Å². The Kier molecular flexibility index (Phi) is 6.28. The molecule has 0 aliphatic rings. The van der Waals surface area contributed by atoms with Gasteiger partial charge in [-0.25, -0.2) is 19.9 Å². The molecule has 2 aromatic rings. The molecule has 23 heavy (non-hydrogen) atoms. The smallest absolute Gasteiger partial charge is 0.316 e. The van der Waals surface area contributed by atoms with E-state index in [1.807, 2.05) is 6.07 Å². The minimum absolute atomic E-state index is 0.406. The lowest BCUT2D eigenvalue weighted by molar-refractivity contribution is 0.325. The zero-order chi connectivity index (χ0) is 16.8. The quantitative estimate of drug-likeness (QED) is 0.404. The Morgan fingerprint density at radius 1 is 0.870 bits per heavy atom. The highest BCUT2D eigenvalue weighted by Crippen LogP contribution is 2.22. The van der Waals surface area contributed by atoms with Crippen LogP contribution in [0.25, 0.3) is 0 Å². The van der Waals surface area contributed by atoms with Crippen molar-refractivity contribution in [1.82, 2.24) is 19.9 Å². The van der Waals surface area contributed by atoms with Crippen LogP contribution in [-0.2, 0) is 4.12 Å². The molecule has 0 radical (unpaired) electrons. The molecule has 2 heterocycles. The van der Waals surface area contributed by atoms with E-state index in [1.54, 1.807) is 42.6 Å².